The van der Waals surface area contributed by atoms with Gasteiger partial charge in [-0.15, -0.1) is 0 Å². The molecule has 1 unspecified atom stereocenters. The smallest absolute Gasteiger partial charge is 0.220 e. The molecule has 1 amide bonds. The van der Waals surface area contributed by atoms with Crippen molar-refractivity contribution in [2.75, 3.05) is 13.2 Å². The first-order chi connectivity index (χ1) is 10.2. The number of ether oxygens (including phenoxy) is 2. The quantitative estimate of drug-likeness (QED) is 0.927. The van der Waals surface area contributed by atoms with E-state index in [-0.39, 0.29) is 11.8 Å². The van der Waals surface area contributed by atoms with Crippen LogP contribution in [0.3, 0.4) is 0 Å². The van der Waals surface area contributed by atoms with Crippen molar-refractivity contribution in [2.45, 2.75) is 51.0 Å². The van der Waals surface area contributed by atoms with Gasteiger partial charge in [-0.2, -0.15) is 0 Å². The average Bonchev–Trinajstić information content (AvgIpc) is 2.99. The maximum atomic E-state index is 12.1. The highest BCUT2D eigenvalue weighted by atomic mass is 16.6. The summed E-state index contributed by atoms with van der Waals surface area (Å²) in [6.45, 7) is 3.28. The molecule has 21 heavy (non-hydrogen) atoms. The van der Waals surface area contributed by atoms with E-state index in [0.717, 1.165) is 29.9 Å². The lowest BCUT2D eigenvalue weighted by atomic mass is 9.96. The monoisotopic (exact) mass is 289 g/mol. The van der Waals surface area contributed by atoms with E-state index in [4.69, 9.17) is 9.47 Å². The van der Waals surface area contributed by atoms with Crippen LogP contribution in [0.4, 0.5) is 0 Å². The molecule has 4 nitrogen and oxygen atoms in total. The van der Waals surface area contributed by atoms with E-state index in [2.05, 4.69) is 12.2 Å². The molecule has 1 atom stereocenters. The van der Waals surface area contributed by atoms with Gasteiger partial charge in [-0.3, -0.25) is 4.79 Å². The van der Waals surface area contributed by atoms with Crippen LogP contribution >= 0.6 is 0 Å². The van der Waals surface area contributed by atoms with Gasteiger partial charge in [-0.25, -0.2) is 0 Å². The number of rotatable bonds is 4. The highest BCUT2D eigenvalue weighted by Crippen LogP contribution is 2.33. The first-order valence-electron chi connectivity index (χ1n) is 7.91. The lowest BCUT2D eigenvalue weighted by Gasteiger charge is -2.21. The fourth-order valence-corrected chi connectivity index (χ4v) is 3.12. The molecule has 1 fully saturated rings. The third-order valence-electron chi connectivity index (χ3n) is 4.35. The Morgan fingerprint density at radius 1 is 1.24 bits per heavy atom. The minimum absolute atomic E-state index is 0.157. The maximum absolute atomic E-state index is 12.1. The van der Waals surface area contributed by atoms with Crippen molar-refractivity contribution in [1.29, 1.82) is 0 Å². The summed E-state index contributed by atoms with van der Waals surface area (Å²) in [7, 11) is 0. The van der Waals surface area contributed by atoms with Crippen LogP contribution in [0.25, 0.3) is 0 Å². The Bertz CT molecular complexity index is 509. The Kier molecular flexibility index (Phi) is 4.32. The summed E-state index contributed by atoms with van der Waals surface area (Å²) in [5, 5.41) is 3.15. The van der Waals surface area contributed by atoms with Crippen LogP contribution in [0.1, 0.15) is 50.5 Å². The van der Waals surface area contributed by atoms with Gasteiger partial charge in [0.05, 0.1) is 0 Å². The largest absolute Gasteiger partial charge is 0.486 e. The molecule has 1 N–H and O–H groups in total. The summed E-state index contributed by atoms with van der Waals surface area (Å²) in [5.74, 6) is 1.93. The Morgan fingerprint density at radius 3 is 2.71 bits per heavy atom. The molecule has 3 rings (SSSR count). The van der Waals surface area contributed by atoms with Crippen molar-refractivity contribution in [1.82, 2.24) is 5.32 Å². The van der Waals surface area contributed by atoms with Crippen molar-refractivity contribution in [3.8, 4) is 11.5 Å². The van der Waals surface area contributed by atoms with Crippen LogP contribution in [-0.2, 0) is 4.79 Å². The SMILES string of the molecule is CC(CC(=O)NC1CCCC1)c1ccc2c(c1)OCCO2. The zero-order chi connectivity index (χ0) is 14.7. The number of benzene rings is 1. The van der Waals surface area contributed by atoms with Gasteiger partial charge in [-0.05, 0) is 36.5 Å². The third kappa shape index (κ3) is 3.49. The second kappa shape index (κ2) is 6.37. The molecular formula is C17H23NO3. The van der Waals surface area contributed by atoms with Gasteiger partial charge in [0.15, 0.2) is 11.5 Å². The van der Waals surface area contributed by atoms with Crippen LogP contribution in [0.15, 0.2) is 18.2 Å². The van der Waals surface area contributed by atoms with E-state index in [9.17, 15) is 4.79 Å². The van der Waals surface area contributed by atoms with Crippen LogP contribution in [0.5, 0.6) is 11.5 Å². The summed E-state index contributed by atoms with van der Waals surface area (Å²) in [4.78, 5) is 12.1. The van der Waals surface area contributed by atoms with Crippen LogP contribution < -0.4 is 14.8 Å². The van der Waals surface area contributed by atoms with Crippen LogP contribution in [-0.4, -0.2) is 25.2 Å². The number of carbonyl (C=O) groups excluding carboxylic acids is 1. The second-order valence-corrected chi connectivity index (χ2v) is 6.06. The summed E-state index contributed by atoms with van der Waals surface area (Å²) < 4.78 is 11.1. The van der Waals surface area contributed by atoms with Gasteiger partial charge in [-0.1, -0.05) is 25.8 Å². The third-order valence-corrected chi connectivity index (χ3v) is 4.35. The maximum Gasteiger partial charge on any atom is 0.220 e. The van der Waals surface area contributed by atoms with E-state index >= 15 is 0 Å². The Hall–Kier alpha value is -1.71. The molecule has 1 aliphatic carbocycles. The van der Waals surface area contributed by atoms with Crippen molar-refractivity contribution in [3.05, 3.63) is 23.8 Å². The van der Waals surface area contributed by atoms with Crippen LogP contribution in [0, 0.1) is 0 Å². The van der Waals surface area contributed by atoms with Crippen molar-refractivity contribution < 1.29 is 14.3 Å². The first kappa shape index (κ1) is 14.2. The fraction of sp³-hybridized carbons (Fsp3) is 0.588. The molecule has 1 aromatic carbocycles. The average molecular weight is 289 g/mol. The van der Waals surface area contributed by atoms with Gasteiger partial charge < -0.3 is 14.8 Å². The zero-order valence-electron chi connectivity index (χ0n) is 12.6. The summed E-state index contributed by atoms with van der Waals surface area (Å²) in [6, 6.07) is 6.36. The number of amides is 1. The van der Waals surface area contributed by atoms with E-state index in [1.807, 2.05) is 18.2 Å². The minimum atomic E-state index is 0.157. The highest BCUT2D eigenvalue weighted by Gasteiger charge is 2.20. The van der Waals surface area contributed by atoms with Crippen molar-refractivity contribution >= 4 is 5.91 Å². The van der Waals surface area contributed by atoms with Gasteiger partial charge in [0.2, 0.25) is 5.91 Å². The highest BCUT2D eigenvalue weighted by molar-refractivity contribution is 5.77. The van der Waals surface area contributed by atoms with E-state index < -0.39 is 0 Å². The molecule has 0 aromatic heterocycles. The number of fused-ring (bicyclic) bond motifs is 1. The minimum Gasteiger partial charge on any atom is -0.486 e. The molecule has 0 bridgehead atoms. The molecule has 0 radical (unpaired) electrons. The number of carbonyl (C=O) groups is 1. The molecule has 1 heterocycles. The molecule has 1 aromatic rings. The van der Waals surface area contributed by atoms with Gasteiger partial charge in [0, 0.05) is 12.5 Å². The van der Waals surface area contributed by atoms with Gasteiger partial charge >= 0.3 is 0 Å². The Morgan fingerprint density at radius 2 is 1.95 bits per heavy atom. The summed E-state index contributed by atoms with van der Waals surface area (Å²) in [6.07, 6.45) is 5.26. The number of hydrogen-bond donors (Lipinski definition) is 1. The molecule has 0 spiro atoms. The molecule has 4 heteroatoms. The second-order valence-electron chi connectivity index (χ2n) is 6.06. The van der Waals surface area contributed by atoms with Crippen molar-refractivity contribution in [2.24, 2.45) is 0 Å². The predicted molar refractivity (Wildman–Crippen MR) is 80.9 cm³/mol. The summed E-state index contributed by atoms with van der Waals surface area (Å²) in [5.41, 5.74) is 1.13. The predicted octanol–water partition coefficient (Wildman–Crippen LogP) is 3.01. The Balaban J connectivity index is 1.59. The summed E-state index contributed by atoms with van der Waals surface area (Å²) >= 11 is 0. The first-order valence-corrected chi connectivity index (χ1v) is 7.91. The van der Waals surface area contributed by atoms with E-state index in [1.165, 1.54) is 12.8 Å². The zero-order valence-corrected chi connectivity index (χ0v) is 12.6. The van der Waals surface area contributed by atoms with Gasteiger partial charge in [0.1, 0.15) is 13.2 Å². The molecule has 0 saturated heterocycles. The Labute approximate surface area is 125 Å². The van der Waals surface area contributed by atoms with Gasteiger partial charge in [0.25, 0.3) is 0 Å². The normalized spacial score (nSPS) is 19.3. The molecular weight excluding hydrogens is 266 g/mol. The standard InChI is InChI=1S/C17H23NO3/c1-12(10-17(19)18-14-4-2-3-5-14)13-6-7-15-16(11-13)21-9-8-20-15/h6-7,11-12,14H,2-5,8-10H2,1H3,(H,18,19). The number of nitrogens with one attached hydrogen (secondary N) is 1. The lowest BCUT2D eigenvalue weighted by molar-refractivity contribution is -0.122. The lowest BCUT2D eigenvalue weighted by Crippen LogP contribution is -2.33. The van der Waals surface area contributed by atoms with E-state index in [0.29, 0.717) is 25.7 Å². The van der Waals surface area contributed by atoms with Crippen molar-refractivity contribution in [3.63, 3.8) is 0 Å². The molecule has 2 aliphatic rings. The van der Waals surface area contributed by atoms with Crippen LogP contribution in [0.2, 0.25) is 0 Å². The fourth-order valence-electron chi connectivity index (χ4n) is 3.12. The molecule has 1 saturated carbocycles. The van der Waals surface area contributed by atoms with E-state index in [1.54, 1.807) is 0 Å². The topological polar surface area (TPSA) is 47.6 Å². The number of hydrogen-bond acceptors (Lipinski definition) is 3. The molecule has 1 aliphatic heterocycles. The molecule has 114 valence electrons.